The molecule has 116 valence electrons. The molecule has 0 spiro atoms. The van der Waals surface area contributed by atoms with E-state index in [4.69, 9.17) is 12.2 Å². The molecule has 0 aliphatic carbocycles. The van der Waals surface area contributed by atoms with Gasteiger partial charge in [0.2, 0.25) is 0 Å². The molecule has 0 unspecified atom stereocenters. The first-order chi connectivity index (χ1) is 10.3. The van der Waals surface area contributed by atoms with Crippen LogP contribution in [0.3, 0.4) is 0 Å². The van der Waals surface area contributed by atoms with Gasteiger partial charge in [-0.3, -0.25) is 4.79 Å². The summed E-state index contributed by atoms with van der Waals surface area (Å²) in [5, 5.41) is 2.60. The third-order valence-corrected chi connectivity index (χ3v) is 2.92. The van der Waals surface area contributed by atoms with Crippen LogP contribution in [0.5, 0.6) is 5.75 Å². The maximum Gasteiger partial charge on any atom is 0.422 e. The highest BCUT2D eigenvalue weighted by molar-refractivity contribution is 7.71. The molecule has 0 radical (unpaired) electrons. The van der Waals surface area contributed by atoms with Crippen molar-refractivity contribution in [2.45, 2.75) is 6.18 Å². The van der Waals surface area contributed by atoms with Crippen LogP contribution in [0.4, 0.5) is 18.9 Å². The molecule has 0 bridgehead atoms. The van der Waals surface area contributed by atoms with Crippen molar-refractivity contribution in [3.63, 3.8) is 0 Å². The molecule has 1 amide bonds. The summed E-state index contributed by atoms with van der Waals surface area (Å²) in [6.07, 6.45) is -2.79. The second-order valence-electron chi connectivity index (χ2n) is 4.30. The largest absolute Gasteiger partial charge is 0.484 e. The van der Waals surface area contributed by atoms with E-state index in [0.717, 1.165) is 0 Å². The Kier molecular flexibility index (Phi) is 4.81. The molecule has 0 fully saturated rings. The van der Waals surface area contributed by atoms with Crippen molar-refractivity contribution in [3.05, 3.63) is 52.8 Å². The molecule has 2 rings (SSSR count). The smallest absolute Gasteiger partial charge is 0.422 e. The zero-order chi connectivity index (χ0) is 16.2. The Morgan fingerprint density at radius 2 is 1.91 bits per heavy atom. The Balaban J connectivity index is 2.01. The maximum absolute atomic E-state index is 12.0. The van der Waals surface area contributed by atoms with E-state index < -0.39 is 18.7 Å². The summed E-state index contributed by atoms with van der Waals surface area (Å²) < 4.78 is 40.9. The molecule has 1 heterocycles. The van der Waals surface area contributed by atoms with Gasteiger partial charge in [0.15, 0.2) is 6.61 Å². The zero-order valence-corrected chi connectivity index (χ0v) is 11.9. The number of amides is 1. The van der Waals surface area contributed by atoms with Crippen LogP contribution in [0.25, 0.3) is 0 Å². The molecular weight excluding hydrogens is 317 g/mol. The lowest BCUT2D eigenvalue weighted by Crippen LogP contribution is -2.19. The maximum atomic E-state index is 12.0. The normalized spacial score (nSPS) is 11.0. The number of hydrogen-bond donors (Lipinski definition) is 2. The average molecular weight is 328 g/mol. The molecule has 1 aromatic heterocycles. The summed E-state index contributed by atoms with van der Waals surface area (Å²) >= 11 is 4.99. The fraction of sp³-hybridized carbons (Fsp3) is 0.143. The summed E-state index contributed by atoms with van der Waals surface area (Å²) in [6.45, 7) is -1.36. The predicted octanol–water partition coefficient (Wildman–Crippen LogP) is 3.94. The Morgan fingerprint density at radius 1 is 1.23 bits per heavy atom. The second kappa shape index (κ2) is 6.61. The van der Waals surface area contributed by atoms with Crippen molar-refractivity contribution in [1.29, 1.82) is 0 Å². The van der Waals surface area contributed by atoms with Crippen LogP contribution in [-0.4, -0.2) is 23.7 Å². The van der Waals surface area contributed by atoms with Crippen molar-refractivity contribution >= 4 is 23.8 Å². The number of hydrogen-bond acceptors (Lipinski definition) is 3. The van der Waals surface area contributed by atoms with E-state index in [1.807, 2.05) is 0 Å². The number of aromatic nitrogens is 1. The summed E-state index contributed by atoms with van der Waals surface area (Å²) in [6, 6.07) is 8.77. The van der Waals surface area contributed by atoms with Gasteiger partial charge in [0.1, 0.15) is 10.4 Å². The molecule has 22 heavy (non-hydrogen) atoms. The van der Waals surface area contributed by atoms with Gasteiger partial charge in [-0.05, 0) is 36.4 Å². The number of carbonyl (C=O) groups is 1. The number of anilines is 1. The van der Waals surface area contributed by atoms with E-state index in [1.54, 1.807) is 18.3 Å². The van der Waals surface area contributed by atoms with Gasteiger partial charge < -0.3 is 15.0 Å². The Labute approximate surface area is 128 Å². The van der Waals surface area contributed by atoms with Crippen molar-refractivity contribution < 1.29 is 22.7 Å². The Bertz CT molecular complexity index is 711. The number of ether oxygens (including phenoxy) is 1. The lowest BCUT2D eigenvalue weighted by Gasteiger charge is -2.10. The molecule has 1 aromatic carbocycles. The number of aromatic amines is 1. The lowest BCUT2D eigenvalue weighted by molar-refractivity contribution is -0.153. The van der Waals surface area contributed by atoms with Crippen LogP contribution >= 0.6 is 12.2 Å². The average Bonchev–Trinajstić information content (AvgIpc) is 2.46. The molecular formula is C14H11F3N2O2S. The number of pyridine rings is 1. The van der Waals surface area contributed by atoms with Crippen molar-refractivity contribution in [2.75, 3.05) is 11.9 Å². The fourth-order valence-electron chi connectivity index (χ4n) is 1.60. The standard InChI is InChI=1S/C14H11F3N2O2S/c15-14(16,17)8-21-10-5-3-9(4-6-10)19-12(20)11-2-1-7-18-13(11)22/h1-7H,8H2,(H,18,22)(H,19,20). The van der Waals surface area contributed by atoms with Gasteiger partial charge in [-0.2, -0.15) is 13.2 Å². The lowest BCUT2D eigenvalue weighted by atomic mass is 10.2. The van der Waals surface area contributed by atoms with Crippen LogP contribution < -0.4 is 10.1 Å². The summed E-state index contributed by atoms with van der Waals surface area (Å²) in [7, 11) is 0. The topological polar surface area (TPSA) is 54.1 Å². The third kappa shape index (κ3) is 4.59. The molecule has 2 aromatic rings. The summed E-state index contributed by atoms with van der Waals surface area (Å²) in [5.41, 5.74) is 0.720. The third-order valence-electron chi connectivity index (χ3n) is 2.58. The van der Waals surface area contributed by atoms with E-state index in [-0.39, 0.29) is 5.75 Å². The van der Waals surface area contributed by atoms with Crippen molar-refractivity contribution in [2.24, 2.45) is 0 Å². The molecule has 0 saturated heterocycles. The van der Waals surface area contributed by atoms with Gasteiger partial charge in [0.05, 0.1) is 5.56 Å². The quantitative estimate of drug-likeness (QED) is 0.836. The predicted molar refractivity (Wildman–Crippen MR) is 77.6 cm³/mol. The highest BCUT2D eigenvalue weighted by Gasteiger charge is 2.28. The first kappa shape index (κ1) is 16.0. The molecule has 0 aliphatic heterocycles. The van der Waals surface area contributed by atoms with Gasteiger partial charge in [-0.15, -0.1) is 0 Å². The fourth-order valence-corrected chi connectivity index (χ4v) is 1.83. The number of carbonyl (C=O) groups excluding carboxylic acids is 1. The number of nitrogens with one attached hydrogen (secondary N) is 2. The summed E-state index contributed by atoms with van der Waals surface area (Å²) in [4.78, 5) is 14.7. The first-order valence-electron chi connectivity index (χ1n) is 6.14. The number of benzene rings is 1. The van der Waals surface area contributed by atoms with Gasteiger partial charge in [0, 0.05) is 11.9 Å². The van der Waals surface area contributed by atoms with Gasteiger partial charge in [0.25, 0.3) is 5.91 Å². The van der Waals surface area contributed by atoms with Crippen LogP contribution in [0, 0.1) is 4.64 Å². The highest BCUT2D eigenvalue weighted by atomic mass is 32.1. The minimum Gasteiger partial charge on any atom is -0.484 e. The van der Waals surface area contributed by atoms with Crippen LogP contribution in [0.1, 0.15) is 10.4 Å². The Morgan fingerprint density at radius 3 is 2.50 bits per heavy atom. The van der Waals surface area contributed by atoms with Crippen LogP contribution in [0.2, 0.25) is 0 Å². The molecule has 0 aliphatic rings. The van der Waals surface area contributed by atoms with E-state index in [2.05, 4.69) is 15.0 Å². The van der Waals surface area contributed by atoms with E-state index in [0.29, 0.717) is 15.9 Å². The molecule has 0 atom stereocenters. The molecule has 4 nitrogen and oxygen atoms in total. The number of halogens is 3. The minimum absolute atomic E-state index is 0.0623. The number of H-pyrrole nitrogens is 1. The highest BCUT2D eigenvalue weighted by Crippen LogP contribution is 2.20. The second-order valence-corrected chi connectivity index (χ2v) is 4.70. The van der Waals surface area contributed by atoms with Gasteiger partial charge in [-0.1, -0.05) is 12.2 Å². The van der Waals surface area contributed by atoms with E-state index in [1.165, 1.54) is 24.3 Å². The Hall–Kier alpha value is -2.35. The first-order valence-corrected chi connectivity index (χ1v) is 6.55. The number of alkyl halides is 3. The molecule has 2 N–H and O–H groups in total. The molecule has 0 saturated carbocycles. The zero-order valence-electron chi connectivity index (χ0n) is 11.1. The van der Waals surface area contributed by atoms with Gasteiger partial charge in [-0.25, -0.2) is 0 Å². The molecule has 8 heteroatoms. The van der Waals surface area contributed by atoms with Crippen molar-refractivity contribution in [3.8, 4) is 5.75 Å². The van der Waals surface area contributed by atoms with E-state index >= 15 is 0 Å². The SMILES string of the molecule is O=C(Nc1ccc(OCC(F)(F)F)cc1)c1ccc[nH]c1=S. The van der Waals surface area contributed by atoms with Gasteiger partial charge >= 0.3 is 6.18 Å². The monoisotopic (exact) mass is 328 g/mol. The number of rotatable bonds is 4. The summed E-state index contributed by atoms with van der Waals surface area (Å²) in [5.74, 6) is -0.349. The van der Waals surface area contributed by atoms with Crippen molar-refractivity contribution in [1.82, 2.24) is 4.98 Å². The van der Waals surface area contributed by atoms with Crippen LogP contribution in [0.15, 0.2) is 42.6 Å². The minimum atomic E-state index is -4.39. The van der Waals surface area contributed by atoms with E-state index in [9.17, 15) is 18.0 Å². The van der Waals surface area contributed by atoms with Crippen LogP contribution in [-0.2, 0) is 0 Å².